The maximum atomic E-state index is 11.3. The van der Waals surface area contributed by atoms with Crippen LogP contribution in [0.5, 0.6) is 0 Å². The molecule has 4 nitrogen and oxygen atoms in total. The minimum Gasteiger partial charge on any atom is -0.310 e. The molecule has 1 unspecified atom stereocenters. The van der Waals surface area contributed by atoms with Gasteiger partial charge in [-0.3, -0.25) is 8.89 Å². The fourth-order valence-corrected chi connectivity index (χ4v) is 3.05. The van der Waals surface area contributed by atoms with Crippen molar-refractivity contribution in [3.05, 3.63) is 18.0 Å². The summed E-state index contributed by atoms with van der Waals surface area (Å²) < 4.78 is 13.4. The van der Waals surface area contributed by atoms with Crippen LogP contribution in [0.1, 0.15) is 44.3 Å². The van der Waals surface area contributed by atoms with E-state index in [2.05, 4.69) is 27.4 Å². The van der Waals surface area contributed by atoms with Gasteiger partial charge < -0.3 is 5.32 Å². The van der Waals surface area contributed by atoms with Gasteiger partial charge in [-0.15, -0.1) is 0 Å². The molecule has 5 heteroatoms. The molecular formula is C13H23N3OS. The second-order valence-electron chi connectivity index (χ2n) is 4.83. The number of hydrogen-bond acceptors (Lipinski definition) is 3. The lowest BCUT2D eigenvalue weighted by molar-refractivity contribution is 0.461. The highest BCUT2D eigenvalue weighted by atomic mass is 32.2. The van der Waals surface area contributed by atoms with Crippen LogP contribution in [-0.4, -0.2) is 32.0 Å². The summed E-state index contributed by atoms with van der Waals surface area (Å²) in [4.78, 5) is 0. The summed E-state index contributed by atoms with van der Waals surface area (Å²) in [5.74, 6) is 1.48. The predicted octanol–water partition coefficient (Wildman–Crippen LogP) is 1.86. The van der Waals surface area contributed by atoms with Crippen molar-refractivity contribution in [1.82, 2.24) is 15.1 Å². The zero-order valence-corrected chi connectivity index (χ0v) is 11.9. The van der Waals surface area contributed by atoms with Crippen LogP contribution < -0.4 is 5.32 Å². The molecule has 0 aliphatic heterocycles. The minimum atomic E-state index is -0.670. The van der Waals surface area contributed by atoms with E-state index in [0.717, 1.165) is 30.3 Å². The van der Waals surface area contributed by atoms with Crippen LogP contribution in [0, 0.1) is 0 Å². The lowest BCUT2D eigenvalue weighted by Crippen LogP contribution is -2.21. The van der Waals surface area contributed by atoms with Crippen LogP contribution in [-0.2, 0) is 17.3 Å². The molecule has 0 spiro atoms. The highest BCUT2D eigenvalue weighted by Gasteiger charge is 2.17. The molecule has 102 valence electrons. The molecule has 0 saturated heterocycles. The van der Waals surface area contributed by atoms with Crippen molar-refractivity contribution >= 4 is 10.8 Å². The van der Waals surface area contributed by atoms with Crippen molar-refractivity contribution in [2.24, 2.45) is 0 Å². The maximum Gasteiger partial charge on any atom is 0.0762 e. The summed E-state index contributed by atoms with van der Waals surface area (Å²) in [5.41, 5.74) is 1.09. The number of nitrogens with one attached hydrogen (secondary N) is 1. The van der Waals surface area contributed by atoms with Crippen LogP contribution in [0.15, 0.2) is 12.3 Å². The van der Waals surface area contributed by atoms with Gasteiger partial charge in [-0.25, -0.2) is 0 Å². The third-order valence-corrected chi connectivity index (χ3v) is 4.80. The van der Waals surface area contributed by atoms with E-state index < -0.39 is 10.8 Å². The predicted molar refractivity (Wildman–Crippen MR) is 75.0 cm³/mol. The van der Waals surface area contributed by atoms with E-state index >= 15 is 0 Å². The van der Waals surface area contributed by atoms with Gasteiger partial charge in [0.2, 0.25) is 0 Å². The first-order valence-electron chi connectivity index (χ1n) is 6.89. The molecule has 1 fully saturated rings. The van der Waals surface area contributed by atoms with Crippen LogP contribution >= 0.6 is 0 Å². The first-order chi connectivity index (χ1) is 8.79. The summed E-state index contributed by atoms with van der Waals surface area (Å²) in [5, 5.41) is 7.91. The molecule has 0 amide bonds. The van der Waals surface area contributed by atoms with Gasteiger partial charge >= 0.3 is 0 Å². The number of aromatic nitrogens is 2. The third-order valence-electron chi connectivity index (χ3n) is 3.50. The Morgan fingerprint density at radius 1 is 1.50 bits per heavy atom. The van der Waals surface area contributed by atoms with E-state index in [0.29, 0.717) is 6.04 Å². The van der Waals surface area contributed by atoms with Gasteiger partial charge in [0, 0.05) is 41.6 Å². The second-order valence-corrected chi connectivity index (χ2v) is 6.70. The zero-order chi connectivity index (χ0) is 12.8. The van der Waals surface area contributed by atoms with Crippen molar-refractivity contribution in [1.29, 1.82) is 0 Å². The van der Waals surface area contributed by atoms with Gasteiger partial charge in [-0.05, 0) is 18.9 Å². The second kappa shape index (κ2) is 7.04. The molecule has 2 rings (SSSR count). The van der Waals surface area contributed by atoms with Crippen LogP contribution in [0.3, 0.4) is 0 Å². The normalized spacial score (nSPS) is 18.3. The van der Waals surface area contributed by atoms with Gasteiger partial charge in [0.1, 0.15) is 0 Å². The fourth-order valence-electron chi connectivity index (χ4n) is 2.39. The first-order valence-corrected chi connectivity index (χ1v) is 8.38. The van der Waals surface area contributed by atoms with Crippen molar-refractivity contribution in [3.8, 4) is 0 Å². The number of nitrogens with zero attached hydrogens (tertiary/aromatic N) is 2. The Labute approximate surface area is 112 Å². The summed E-state index contributed by atoms with van der Waals surface area (Å²) >= 11 is 0. The average Bonchev–Trinajstić information content (AvgIpc) is 3.04. The maximum absolute atomic E-state index is 11.3. The smallest absolute Gasteiger partial charge is 0.0762 e. The quantitative estimate of drug-likeness (QED) is 0.769. The van der Waals surface area contributed by atoms with Crippen molar-refractivity contribution in [2.45, 2.75) is 45.2 Å². The number of rotatable bonds is 7. The Morgan fingerprint density at radius 2 is 2.28 bits per heavy atom. The molecule has 1 aliphatic rings. The molecule has 1 aromatic heterocycles. The SMILES string of the molecule is CCS(=O)CCNCc1ccn(C2CCCC2)n1. The number of hydrogen-bond donors (Lipinski definition) is 1. The Hall–Kier alpha value is -0.680. The molecule has 1 aliphatic carbocycles. The summed E-state index contributed by atoms with van der Waals surface area (Å²) in [6, 6.07) is 2.70. The summed E-state index contributed by atoms with van der Waals surface area (Å²) in [7, 11) is -0.670. The molecule has 18 heavy (non-hydrogen) atoms. The van der Waals surface area contributed by atoms with Gasteiger partial charge in [0.05, 0.1) is 11.7 Å². The van der Waals surface area contributed by atoms with E-state index in [1.807, 2.05) is 6.92 Å². The Balaban J connectivity index is 1.71. The minimum absolute atomic E-state index is 0.617. The summed E-state index contributed by atoms with van der Waals surface area (Å²) in [6.45, 7) is 3.54. The van der Waals surface area contributed by atoms with Crippen LogP contribution in [0.4, 0.5) is 0 Å². The Bertz CT molecular complexity index is 385. The topological polar surface area (TPSA) is 46.9 Å². The van der Waals surface area contributed by atoms with Gasteiger partial charge in [0.15, 0.2) is 0 Å². The van der Waals surface area contributed by atoms with E-state index in [1.165, 1.54) is 25.7 Å². The molecule has 1 atom stereocenters. The highest BCUT2D eigenvalue weighted by Crippen LogP contribution is 2.28. The van der Waals surface area contributed by atoms with Crippen molar-refractivity contribution < 1.29 is 4.21 Å². The van der Waals surface area contributed by atoms with E-state index in [1.54, 1.807) is 0 Å². The standard InChI is InChI=1S/C13H23N3OS/c1-2-18(17)10-8-14-11-12-7-9-16(15-12)13-5-3-4-6-13/h7,9,13-14H,2-6,8,10-11H2,1H3. The molecule has 0 radical (unpaired) electrons. The van der Waals surface area contributed by atoms with Crippen LogP contribution in [0.25, 0.3) is 0 Å². The van der Waals surface area contributed by atoms with E-state index in [4.69, 9.17) is 0 Å². The molecule has 1 N–H and O–H groups in total. The molecule has 0 bridgehead atoms. The van der Waals surface area contributed by atoms with Crippen LogP contribution in [0.2, 0.25) is 0 Å². The van der Waals surface area contributed by atoms with Gasteiger partial charge in [-0.1, -0.05) is 19.8 Å². The molecule has 1 aromatic rings. The largest absolute Gasteiger partial charge is 0.310 e. The Morgan fingerprint density at radius 3 is 3.00 bits per heavy atom. The molecule has 0 aromatic carbocycles. The van der Waals surface area contributed by atoms with Crippen molar-refractivity contribution in [2.75, 3.05) is 18.1 Å². The lowest BCUT2D eigenvalue weighted by Gasteiger charge is -2.08. The molecule has 1 saturated carbocycles. The average molecular weight is 269 g/mol. The van der Waals surface area contributed by atoms with E-state index in [-0.39, 0.29) is 0 Å². The molecule has 1 heterocycles. The zero-order valence-electron chi connectivity index (χ0n) is 11.1. The van der Waals surface area contributed by atoms with Crippen molar-refractivity contribution in [3.63, 3.8) is 0 Å². The Kier molecular flexibility index (Phi) is 5.38. The fraction of sp³-hybridized carbons (Fsp3) is 0.769. The third kappa shape index (κ3) is 3.92. The van der Waals surface area contributed by atoms with E-state index in [9.17, 15) is 4.21 Å². The van der Waals surface area contributed by atoms with Gasteiger partial charge in [-0.2, -0.15) is 5.10 Å². The first kappa shape index (κ1) is 13.7. The lowest BCUT2D eigenvalue weighted by atomic mass is 10.3. The summed E-state index contributed by atoms with van der Waals surface area (Å²) in [6.07, 6.45) is 7.30. The highest BCUT2D eigenvalue weighted by molar-refractivity contribution is 7.84. The molecular weight excluding hydrogens is 246 g/mol. The monoisotopic (exact) mass is 269 g/mol. The van der Waals surface area contributed by atoms with Gasteiger partial charge in [0.25, 0.3) is 0 Å².